The van der Waals surface area contributed by atoms with Gasteiger partial charge in [0.1, 0.15) is 0 Å². The molecule has 1 saturated heterocycles. The third-order valence-corrected chi connectivity index (χ3v) is 4.99. The Hall–Kier alpha value is -0.0800. The van der Waals surface area contributed by atoms with Crippen molar-refractivity contribution in [1.82, 2.24) is 10.2 Å². The van der Waals surface area contributed by atoms with Gasteiger partial charge in [0.15, 0.2) is 0 Å². The van der Waals surface area contributed by atoms with Crippen molar-refractivity contribution in [2.24, 2.45) is 0 Å². The predicted octanol–water partition coefficient (Wildman–Crippen LogP) is 3.17. The number of nitrogens with one attached hydrogen (secondary N) is 1. The Kier molecular flexibility index (Phi) is 3.84. The average molecular weight is 238 g/mol. The highest BCUT2D eigenvalue weighted by molar-refractivity contribution is 5.06. The van der Waals surface area contributed by atoms with Crippen LogP contribution in [0.15, 0.2) is 0 Å². The predicted molar refractivity (Wildman–Crippen MR) is 74.4 cm³/mol. The van der Waals surface area contributed by atoms with Crippen LogP contribution in [0.3, 0.4) is 0 Å². The molecule has 1 heterocycles. The molecule has 0 unspecified atom stereocenters. The fourth-order valence-electron chi connectivity index (χ4n) is 3.90. The lowest BCUT2D eigenvalue weighted by atomic mass is 9.84. The van der Waals surface area contributed by atoms with E-state index < -0.39 is 0 Å². The Morgan fingerprint density at radius 1 is 1.12 bits per heavy atom. The number of rotatable bonds is 3. The second-order valence-corrected chi connectivity index (χ2v) is 6.77. The molecule has 1 saturated carbocycles. The number of nitrogens with zero attached hydrogens (tertiary/aromatic N) is 1. The van der Waals surface area contributed by atoms with Crippen molar-refractivity contribution in [1.29, 1.82) is 0 Å². The van der Waals surface area contributed by atoms with Crippen LogP contribution in [0.25, 0.3) is 0 Å². The molecule has 1 spiro atoms. The summed E-state index contributed by atoms with van der Waals surface area (Å²) in [7, 11) is 0. The van der Waals surface area contributed by atoms with Crippen LogP contribution >= 0.6 is 0 Å². The van der Waals surface area contributed by atoms with Crippen LogP contribution in [0.5, 0.6) is 0 Å². The Labute approximate surface area is 107 Å². The lowest BCUT2D eigenvalue weighted by molar-refractivity contribution is -0.0179. The first kappa shape index (κ1) is 13.4. The Balaban J connectivity index is 2.20. The van der Waals surface area contributed by atoms with Gasteiger partial charge in [-0.3, -0.25) is 4.90 Å². The summed E-state index contributed by atoms with van der Waals surface area (Å²) in [6.07, 6.45) is 8.28. The molecule has 1 N–H and O–H groups in total. The molecular weight excluding hydrogens is 208 g/mol. The van der Waals surface area contributed by atoms with Crippen molar-refractivity contribution in [2.45, 2.75) is 83.3 Å². The molecule has 0 radical (unpaired) electrons. The Morgan fingerprint density at radius 3 is 2.24 bits per heavy atom. The van der Waals surface area contributed by atoms with Gasteiger partial charge in [0.05, 0.1) is 0 Å². The van der Waals surface area contributed by atoms with Gasteiger partial charge in [-0.1, -0.05) is 26.7 Å². The standard InChI is InChI=1S/C15H30N2/c1-5-13(6-2)17-12-14(3,4)16-11-15(17)9-7-8-10-15/h13,16H,5-12H2,1-4H3. The molecule has 1 aliphatic heterocycles. The van der Waals surface area contributed by atoms with Gasteiger partial charge in [0.25, 0.3) is 0 Å². The fraction of sp³-hybridized carbons (Fsp3) is 1.00. The van der Waals surface area contributed by atoms with Crippen molar-refractivity contribution in [3.8, 4) is 0 Å². The zero-order valence-corrected chi connectivity index (χ0v) is 12.2. The second-order valence-electron chi connectivity index (χ2n) is 6.77. The fourth-order valence-corrected chi connectivity index (χ4v) is 3.90. The quantitative estimate of drug-likeness (QED) is 0.812. The number of hydrogen-bond donors (Lipinski definition) is 1. The largest absolute Gasteiger partial charge is 0.309 e. The van der Waals surface area contributed by atoms with Crippen molar-refractivity contribution in [3.63, 3.8) is 0 Å². The van der Waals surface area contributed by atoms with E-state index in [0.29, 0.717) is 5.54 Å². The molecule has 0 aromatic rings. The zero-order chi connectivity index (χ0) is 12.5. The van der Waals surface area contributed by atoms with Crippen LogP contribution in [0.4, 0.5) is 0 Å². The molecule has 0 amide bonds. The zero-order valence-electron chi connectivity index (χ0n) is 12.2. The summed E-state index contributed by atoms with van der Waals surface area (Å²) in [6.45, 7) is 11.8. The summed E-state index contributed by atoms with van der Waals surface area (Å²) < 4.78 is 0. The van der Waals surface area contributed by atoms with Crippen LogP contribution in [-0.2, 0) is 0 Å². The summed E-state index contributed by atoms with van der Waals surface area (Å²) in [6, 6.07) is 0.787. The van der Waals surface area contributed by atoms with Gasteiger partial charge in [0, 0.05) is 30.2 Å². The summed E-state index contributed by atoms with van der Waals surface area (Å²) in [5.41, 5.74) is 0.780. The molecule has 0 aromatic carbocycles. The third-order valence-electron chi connectivity index (χ3n) is 4.99. The normalized spacial score (nSPS) is 28.1. The molecular formula is C15H30N2. The summed E-state index contributed by atoms with van der Waals surface area (Å²) in [5.74, 6) is 0. The van der Waals surface area contributed by atoms with Gasteiger partial charge in [0.2, 0.25) is 0 Å². The molecule has 0 atom stereocenters. The molecule has 2 aliphatic rings. The second kappa shape index (κ2) is 4.89. The topological polar surface area (TPSA) is 15.3 Å². The smallest absolute Gasteiger partial charge is 0.0337 e. The van der Waals surface area contributed by atoms with E-state index in [1.54, 1.807) is 0 Å². The summed E-state index contributed by atoms with van der Waals surface area (Å²) in [5, 5.41) is 3.78. The summed E-state index contributed by atoms with van der Waals surface area (Å²) >= 11 is 0. The van der Waals surface area contributed by atoms with Gasteiger partial charge in [-0.2, -0.15) is 0 Å². The molecule has 2 nitrogen and oxygen atoms in total. The molecule has 2 fully saturated rings. The molecule has 0 bridgehead atoms. The first-order valence-corrected chi connectivity index (χ1v) is 7.55. The van der Waals surface area contributed by atoms with Crippen LogP contribution in [-0.4, -0.2) is 35.1 Å². The van der Waals surface area contributed by atoms with E-state index in [1.165, 1.54) is 51.6 Å². The van der Waals surface area contributed by atoms with Crippen LogP contribution in [0, 0.1) is 0 Å². The SMILES string of the molecule is CCC(CC)N1CC(C)(C)NCC12CCCC2. The number of piperazine rings is 1. The minimum absolute atomic E-state index is 0.288. The molecule has 1 aliphatic carbocycles. The highest BCUT2D eigenvalue weighted by atomic mass is 15.3. The molecule has 17 heavy (non-hydrogen) atoms. The van der Waals surface area contributed by atoms with E-state index in [0.717, 1.165) is 6.04 Å². The third kappa shape index (κ3) is 2.53. The minimum Gasteiger partial charge on any atom is -0.309 e. The van der Waals surface area contributed by atoms with Gasteiger partial charge in [-0.05, 0) is 39.5 Å². The molecule has 100 valence electrons. The van der Waals surface area contributed by atoms with Crippen molar-refractivity contribution < 1.29 is 0 Å². The van der Waals surface area contributed by atoms with E-state index in [4.69, 9.17) is 0 Å². The van der Waals surface area contributed by atoms with Crippen LogP contribution < -0.4 is 5.32 Å². The molecule has 2 rings (SSSR count). The summed E-state index contributed by atoms with van der Waals surface area (Å²) in [4.78, 5) is 2.87. The maximum absolute atomic E-state index is 3.78. The first-order valence-electron chi connectivity index (χ1n) is 7.55. The molecule has 0 aromatic heterocycles. The maximum atomic E-state index is 3.78. The van der Waals surface area contributed by atoms with E-state index in [9.17, 15) is 0 Å². The Bertz CT molecular complexity index is 250. The lowest BCUT2D eigenvalue weighted by Crippen LogP contribution is -2.69. The van der Waals surface area contributed by atoms with Gasteiger partial charge >= 0.3 is 0 Å². The first-order chi connectivity index (χ1) is 8.03. The van der Waals surface area contributed by atoms with Crippen molar-refractivity contribution in [2.75, 3.05) is 13.1 Å². The van der Waals surface area contributed by atoms with Crippen LogP contribution in [0.2, 0.25) is 0 Å². The van der Waals surface area contributed by atoms with Gasteiger partial charge in [-0.25, -0.2) is 0 Å². The highest BCUT2D eigenvalue weighted by Crippen LogP contribution is 2.40. The monoisotopic (exact) mass is 238 g/mol. The van der Waals surface area contributed by atoms with E-state index in [-0.39, 0.29) is 5.54 Å². The Morgan fingerprint density at radius 2 is 1.71 bits per heavy atom. The van der Waals surface area contributed by atoms with E-state index in [2.05, 4.69) is 37.9 Å². The highest BCUT2D eigenvalue weighted by Gasteiger charge is 2.47. The molecule has 2 heteroatoms. The van der Waals surface area contributed by atoms with Gasteiger partial charge in [-0.15, -0.1) is 0 Å². The van der Waals surface area contributed by atoms with E-state index in [1.807, 2.05) is 0 Å². The van der Waals surface area contributed by atoms with Crippen molar-refractivity contribution >= 4 is 0 Å². The van der Waals surface area contributed by atoms with Crippen molar-refractivity contribution in [3.05, 3.63) is 0 Å². The van der Waals surface area contributed by atoms with E-state index >= 15 is 0 Å². The van der Waals surface area contributed by atoms with Crippen LogP contribution in [0.1, 0.15) is 66.2 Å². The number of hydrogen-bond acceptors (Lipinski definition) is 2. The lowest BCUT2D eigenvalue weighted by Gasteiger charge is -2.54. The van der Waals surface area contributed by atoms with Gasteiger partial charge < -0.3 is 5.32 Å². The minimum atomic E-state index is 0.288. The average Bonchev–Trinajstić information content (AvgIpc) is 2.75. The maximum Gasteiger partial charge on any atom is 0.0337 e.